The number of carbonyl (C=O) groups excluding carboxylic acids is 2. The fourth-order valence-electron chi connectivity index (χ4n) is 2.56. The Hall–Kier alpha value is -2.17. The standard InChI is InChI=1S/C17H25N3O6S/c1-19(2)14-8-7-12(27(23,24)20(3)4)10-13(14)18-16(21)11-26-17(22)15-6-5-9-25-15/h7-8,10,15H,5-6,9,11H2,1-4H3,(H,18,21)/t15-/m1/s1. The summed E-state index contributed by atoms with van der Waals surface area (Å²) in [5, 5.41) is 2.61. The Morgan fingerprint density at radius 2 is 1.96 bits per heavy atom. The summed E-state index contributed by atoms with van der Waals surface area (Å²) in [5.41, 5.74) is 0.924. The smallest absolute Gasteiger partial charge is 0.335 e. The first kappa shape index (κ1) is 21.1. The van der Waals surface area contributed by atoms with Crippen LogP contribution in [-0.2, 0) is 29.1 Å². The van der Waals surface area contributed by atoms with E-state index in [4.69, 9.17) is 9.47 Å². The van der Waals surface area contributed by atoms with Crippen molar-refractivity contribution in [1.29, 1.82) is 0 Å². The molecule has 0 spiro atoms. The summed E-state index contributed by atoms with van der Waals surface area (Å²) in [6.45, 7) is 0.0293. The van der Waals surface area contributed by atoms with E-state index in [1.54, 1.807) is 25.1 Å². The van der Waals surface area contributed by atoms with Crippen molar-refractivity contribution in [2.75, 3.05) is 51.6 Å². The van der Waals surface area contributed by atoms with Gasteiger partial charge in [-0.15, -0.1) is 0 Å². The average Bonchev–Trinajstić information content (AvgIpc) is 3.14. The Balaban J connectivity index is 2.12. The molecule has 0 aromatic heterocycles. The van der Waals surface area contributed by atoms with Crippen LogP contribution in [0, 0.1) is 0 Å². The maximum absolute atomic E-state index is 12.3. The molecule has 1 aliphatic heterocycles. The predicted molar refractivity (Wildman–Crippen MR) is 100 cm³/mol. The summed E-state index contributed by atoms with van der Waals surface area (Å²) in [7, 11) is 2.74. The molecule has 1 aromatic carbocycles. The lowest BCUT2D eigenvalue weighted by molar-refractivity contribution is -0.156. The number of hydrogen-bond acceptors (Lipinski definition) is 7. The Morgan fingerprint density at radius 1 is 1.26 bits per heavy atom. The molecular weight excluding hydrogens is 374 g/mol. The van der Waals surface area contributed by atoms with Gasteiger partial charge in [0.1, 0.15) is 0 Å². The molecule has 1 aliphatic rings. The highest BCUT2D eigenvalue weighted by molar-refractivity contribution is 7.89. The molecule has 1 fully saturated rings. The van der Waals surface area contributed by atoms with Gasteiger partial charge in [-0.2, -0.15) is 0 Å². The lowest BCUT2D eigenvalue weighted by atomic mass is 10.2. The summed E-state index contributed by atoms with van der Waals surface area (Å²) in [6.07, 6.45) is 0.740. The fraction of sp³-hybridized carbons (Fsp3) is 0.529. The van der Waals surface area contributed by atoms with Crippen LogP contribution in [0.15, 0.2) is 23.1 Å². The number of benzene rings is 1. The molecule has 1 N–H and O–H groups in total. The summed E-state index contributed by atoms with van der Waals surface area (Å²) < 4.78 is 35.9. The van der Waals surface area contributed by atoms with Gasteiger partial charge >= 0.3 is 5.97 Å². The molecule has 0 unspecified atom stereocenters. The van der Waals surface area contributed by atoms with E-state index in [1.807, 2.05) is 0 Å². The van der Waals surface area contributed by atoms with E-state index in [1.165, 1.54) is 26.2 Å². The van der Waals surface area contributed by atoms with Crippen molar-refractivity contribution in [3.05, 3.63) is 18.2 Å². The summed E-state index contributed by atoms with van der Waals surface area (Å²) >= 11 is 0. The van der Waals surface area contributed by atoms with Crippen molar-refractivity contribution in [3.8, 4) is 0 Å². The van der Waals surface area contributed by atoms with E-state index < -0.39 is 34.6 Å². The summed E-state index contributed by atoms with van der Waals surface area (Å²) in [6, 6.07) is 4.45. The van der Waals surface area contributed by atoms with E-state index in [0.717, 1.165) is 10.7 Å². The summed E-state index contributed by atoms with van der Waals surface area (Å²) in [4.78, 5) is 25.8. The molecular formula is C17H25N3O6S. The molecule has 1 heterocycles. The number of carbonyl (C=O) groups is 2. The van der Waals surface area contributed by atoms with Gasteiger partial charge in [-0.05, 0) is 31.0 Å². The first-order valence-electron chi connectivity index (χ1n) is 8.45. The predicted octanol–water partition coefficient (Wildman–Crippen LogP) is 0.664. The molecule has 0 bridgehead atoms. The van der Waals surface area contributed by atoms with E-state index in [2.05, 4.69) is 5.32 Å². The minimum Gasteiger partial charge on any atom is -0.454 e. The number of nitrogens with zero attached hydrogens (tertiary/aromatic N) is 2. The van der Waals surface area contributed by atoms with Gasteiger partial charge in [0.15, 0.2) is 12.7 Å². The highest BCUT2D eigenvalue weighted by Gasteiger charge is 2.26. The molecule has 0 saturated carbocycles. The molecule has 150 valence electrons. The van der Waals surface area contributed by atoms with Crippen LogP contribution in [0.3, 0.4) is 0 Å². The van der Waals surface area contributed by atoms with E-state index in [-0.39, 0.29) is 4.90 Å². The number of ether oxygens (including phenoxy) is 2. The van der Waals surface area contributed by atoms with Crippen molar-refractivity contribution in [1.82, 2.24) is 4.31 Å². The van der Waals surface area contributed by atoms with Gasteiger partial charge in [-0.3, -0.25) is 4.79 Å². The number of anilines is 2. The van der Waals surface area contributed by atoms with Gasteiger partial charge < -0.3 is 19.7 Å². The van der Waals surface area contributed by atoms with Crippen LogP contribution in [-0.4, -0.2) is 72.1 Å². The number of esters is 1. The molecule has 2 rings (SSSR count). The number of rotatable bonds is 7. The van der Waals surface area contributed by atoms with Crippen LogP contribution >= 0.6 is 0 Å². The monoisotopic (exact) mass is 399 g/mol. The van der Waals surface area contributed by atoms with Crippen molar-refractivity contribution in [2.24, 2.45) is 0 Å². The molecule has 1 aromatic rings. The van der Waals surface area contributed by atoms with Crippen molar-refractivity contribution in [3.63, 3.8) is 0 Å². The van der Waals surface area contributed by atoms with Gasteiger partial charge in [0.2, 0.25) is 10.0 Å². The van der Waals surface area contributed by atoms with Crippen LogP contribution < -0.4 is 10.2 Å². The molecule has 27 heavy (non-hydrogen) atoms. The number of hydrogen-bond donors (Lipinski definition) is 1. The molecule has 9 nitrogen and oxygen atoms in total. The van der Waals surface area contributed by atoms with Crippen molar-refractivity contribution in [2.45, 2.75) is 23.8 Å². The third kappa shape index (κ3) is 5.18. The highest BCUT2D eigenvalue weighted by Crippen LogP contribution is 2.28. The average molecular weight is 399 g/mol. The van der Waals surface area contributed by atoms with Gasteiger partial charge in [-0.25, -0.2) is 17.5 Å². The van der Waals surface area contributed by atoms with E-state index in [9.17, 15) is 18.0 Å². The normalized spacial score (nSPS) is 17.0. The Morgan fingerprint density at radius 3 is 2.52 bits per heavy atom. The lowest BCUT2D eigenvalue weighted by Crippen LogP contribution is -2.28. The molecule has 10 heteroatoms. The van der Waals surface area contributed by atoms with Crippen molar-refractivity contribution < 1.29 is 27.5 Å². The van der Waals surface area contributed by atoms with Crippen molar-refractivity contribution >= 4 is 33.3 Å². The number of nitrogens with one attached hydrogen (secondary N) is 1. The Labute approximate surface area is 159 Å². The van der Waals surface area contributed by atoms with Crippen LogP contribution in [0.25, 0.3) is 0 Å². The Bertz CT molecular complexity index is 801. The molecule has 1 atom stereocenters. The fourth-order valence-corrected chi connectivity index (χ4v) is 3.48. The second-order valence-electron chi connectivity index (χ2n) is 6.52. The quantitative estimate of drug-likeness (QED) is 0.672. The maximum Gasteiger partial charge on any atom is 0.335 e. The second-order valence-corrected chi connectivity index (χ2v) is 8.67. The first-order chi connectivity index (χ1) is 12.6. The molecule has 0 aliphatic carbocycles. The third-order valence-corrected chi connectivity index (χ3v) is 5.85. The van der Waals surface area contributed by atoms with Crippen LogP contribution in [0.1, 0.15) is 12.8 Å². The van der Waals surface area contributed by atoms with Crippen LogP contribution in [0.5, 0.6) is 0 Å². The minimum atomic E-state index is -3.65. The summed E-state index contributed by atoms with van der Waals surface area (Å²) in [5.74, 6) is -1.14. The largest absolute Gasteiger partial charge is 0.454 e. The zero-order valence-electron chi connectivity index (χ0n) is 15.9. The van der Waals surface area contributed by atoms with Crippen LogP contribution in [0.2, 0.25) is 0 Å². The van der Waals surface area contributed by atoms with Gasteiger partial charge in [0.25, 0.3) is 5.91 Å². The topological polar surface area (TPSA) is 105 Å². The SMILES string of the molecule is CN(C)c1ccc(S(=O)(=O)N(C)C)cc1NC(=O)COC(=O)[C@H]1CCCO1. The van der Waals surface area contributed by atoms with Gasteiger partial charge in [-0.1, -0.05) is 0 Å². The van der Waals surface area contributed by atoms with Gasteiger partial charge in [0, 0.05) is 34.8 Å². The zero-order chi connectivity index (χ0) is 20.2. The van der Waals surface area contributed by atoms with Crippen LogP contribution in [0.4, 0.5) is 11.4 Å². The molecule has 0 radical (unpaired) electrons. The number of sulfonamides is 1. The first-order valence-corrected chi connectivity index (χ1v) is 9.89. The van der Waals surface area contributed by atoms with E-state index >= 15 is 0 Å². The van der Waals surface area contributed by atoms with Gasteiger partial charge in [0.05, 0.1) is 16.3 Å². The highest BCUT2D eigenvalue weighted by atomic mass is 32.2. The maximum atomic E-state index is 12.3. The zero-order valence-corrected chi connectivity index (χ0v) is 16.7. The lowest BCUT2D eigenvalue weighted by Gasteiger charge is -2.20. The number of amides is 1. The second kappa shape index (κ2) is 8.68. The molecule has 1 saturated heterocycles. The molecule has 1 amide bonds. The minimum absolute atomic E-state index is 0.0461. The Kier molecular flexibility index (Phi) is 6.79. The van der Waals surface area contributed by atoms with E-state index in [0.29, 0.717) is 24.4 Å². The third-order valence-electron chi connectivity index (χ3n) is 4.04.